The van der Waals surface area contributed by atoms with E-state index in [9.17, 15) is 19.2 Å². The largest absolute Gasteiger partial charge is 0.438 e. The summed E-state index contributed by atoms with van der Waals surface area (Å²) < 4.78 is 42.1. The summed E-state index contributed by atoms with van der Waals surface area (Å²) in [7, 11) is 1.57. The molecule has 0 radical (unpaired) electrons. The Morgan fingerprint density at radius 2 is 0.570 bits per heavy atom. The number of carbonyl (C=O) groups excluding carboxylic acids is 4. The van der Waals surface area contributed by atoms with Gasteiger partial charge in [0.15, 0.2) is 27.2 Å². The van der Waals surface area contributed by atoms with Crippen molar-refractivity contribution in [1.29, 1.82) is 0 Å². The maximum Gasteiger partial charge on any atom is 0.311 e. The van der Waals surface area contributed by atoms with E-state index in [2.05, 4.69) is 69.2 Å². The van der Waals surface area contributed by atoms with Gasteiger partial charge in [0.25, 0.3) is 0 Å². The number of hydrogen-bond donors (Lipinski definition) is 0. The van der Waals surface area contributed by atoms with Crippen molar-refractivity contribution in [3.05, 3.63) is 0 Å². The molecule has 0 aromatic carbocycles. The minimum absolute atomic E-state index is 0.00389. The van der Waals surface area contributed by atoms with Gasteiger partial charge in [-0.25, -0.2) is 0 Å². The zero-order valence-electron chi connectivity index (χ0n) is 56.3. The first kappa shape index (κ1) is 68.1. The summed E-state index contributed by atoms with van der Waals surface area (Å²) in [5, 5.41) is 0. The summed E-state index contributed by atoms with van der Waals surface area (Å²) in [6, 6.07) is 0. The molecule has 12 aliphatic carbocycles. The fraction of sp³-hybridized carbons (Fsp3) is 0.946. The molecule has 0 aliphatic heterocycles. The van der Waals surface area contributed by atoms with Gasteiger partial charge in [-0.3, -0.25) is 19.2 Å². The molecule has 0 amide bonds. The van der Waals surface area contributed by atoms with Crippen LogP contribution in [0.25, 0.3) is 0 Å². The van der Waals surface area contributed by atoms with Crippen LogP contribution < -0.4 is 0 Å². The number of carbonyl (C=O) groups is 4. The highest BCUT2D eigenvalue weighted by Gasteiger charge is 2.65. The topological polar surface area (TPSA) is 142 Å². The van der Waals surface area contributed by atoms with Crippen LogP contribution in [-0.2, 0) is 57.1 Å². The van der Waals surface area contributed by atoms with E-state index < -0.39 is 0 Å². The molecule has 0 heterocycles. The molecule has 12 fully saturated rings. The molecule has 28 unspecified atom stereocenters. The number of fused-ring (bicyclic) bond motifs is 20. The molecular formula is C74H124O12. The van der Waals surface area contributed by atoms with Gasteiger partial charge >= 0.3 is 23.9 Å². The summed E-state index contributed by atoms with van der Waals surface area (Å²) >= 11 is 0. The van der Waals surface area contributed by atoms with E-state index >= 15 is 0 Å². The van der Waals surface area contributed by atoms with Gasteiger partial charge in [0.2, 0.25) is 0 Å². The summed E-state index contributed by atoms with van der Waals surface area (Å²) in [4.78, 5) is 49.5. The number of ether oxygens (including phenoxy) is 8. The smallest absolute Gasteiger partial charge is 0.311 e. The molecule has 0 aromatic rings. The Morgan fingerprint density at radius 3 is 0.826 bits per heavy atom. The van der Waals surface area contributed by atoms with E-state index in [1.807, 2.05) is 6.92 Å². The van der Waals surface area contributed by atoms with Crippen LogP contribution in [0, 0.1) is 166 Å². The molecular weight excluding hydrogens is 1080 g/mol. The number of unbranched alkanes of at least 4 members (excludes halogenated alkanes) is 1. The Morgan fingerprint density at radius 1 is 0.302 bits per heavy atom. The summed E-state index contributed by atoms with van der Waals surface area (Å²) in [5.74, 6) is 20.0. The molecule has 492 valence electrons. The third kappa shape index (κ3) is 13.9. The number of hydrogen-bond acceptors (Lipinski definition) is 12. The van der Waals surface area contributed by atoms with Crippen molar-refractivity contribution in [2.45, 2.75) is 224 Å². The van der Waals surface area contributed by atoms with Gasteiger partial charge in [-0.1, -0.05) is 127 Å². The lowest BCUT2D eigenvalue weighted by Crippen LogP contribution is -2.34. The second-order valence-corrected chi connectivity index (χ2v) is 30.2. The molecule has 0 N–H and O–H groups in total. The van der Waals surface area contributed by atoms with Gasteiger partial charge in [-0.2, -0.15) is 0 Å². The minimum atomic E-state index is -0.00685. The molecule has 0 aromatic heterocycles. The normalized spacial score (nSPS) is 43.3. The van der Waals surface area contributed by atoms with Crippen molar-refractivity contribution in [3.63, 3.8) is 0 Å². The standard InChI is InChI=1S/C20H34O3.C19H32O3.C18H30O3.C17H28O3/c1-4-7-8-22-12-23-20(21)17-11-15-10-16(17)19-14(6-3)9-13(5-2)18(15)19;1-4-7-21-11-22-19(20)16-10-14-9-15(16)18-13(6-3)8-12(5-2)17(14)18;1-4-11-7-12(5-2)17-14-8-13(16(11)17)9-15(14)18(19)21-10-20-6-3;1-4-10-6-11(5-2)16-13-7-12(15(10)16)8-14(13)17(18)20-9-19-3/h13-19H,4-12H2,1-3H3;12-18H,4-11H2,1-3H3;11-17H,4-10H2,1-3H3;10-16H,4-9H2,1-3H3. The molecule has 8 bridgehead atoms. The van der Waals surface area contributed by atoms with E-state index in [1.165, 1.54) is 103 Å². The van der Waals surface area contributed by atoms with Gasteiger partial charge < -0.3 is 37.9 Å². The second-order valence-electron chi connectivity index (χ2n) is 30.2. The molecule has 0 spiro atoms. The fourth-order valence-electron chi connectivity index (χ4n) is 24.1. The van der Waals surface area contributed by atoms with Crippen LogP contribution in [0.5, 0.6) is 0 Å². The maximum atomic E-state index is 12.5. The van der Waals surface area contributed by atoms with E-state index in [0.717, 1.165) is 163 Å². The third-order valence-electron chi connectivity index (χ3n) is 27.1. The lowest BCUT2D eigenvalue weighted by molar-refractivity contribution is -0.165. The minimum Gasteiger partial charge on any atom is -0.438 e. The van der Waals surface area contributed by atoms with Crippen molar-refractivity contribution in [1.82, 2.24) is 0 Å². The summed E-state index contributed by atoms with van der Waals surface area (Å²) in [6.45, 7) is 27.3. The molecule has 12 nitrogen and oxygen atoms in total. The van der Waals surface area contributed by atoms with Crippen molar-refractivity contribution in [2.75, 3.05) is 54.1 Å². The van der Waals surface area contributed by atoms with Crippen LogP contribution in [0.3, 0.4) is 0 Å². The van der Waals surface area contributed by atoms with Crippen LogP contribution >= 0.6 is 0 Å². The average molecular weight is 1210 g/mol. The van der Waals surface area contributed by atoms with Gasteiger partial charge in [-0.05, 0) is 239 Å². The van der Waals surface area contributed by atoms with Crippen LogP contribution in [-0.4, -0.2) is 78.0 Å². The molecule has 12 heteroatoms. The monoisotopic (exact) mass is 1200 g/mol. The van der Waals surface area contributed by atoms with Crippen LogP contribution in [0.2, 0.25) is 0 Å². The highest BCUT2D eigenvalue weighted by molar-refractivity contribution is 5.75. The number of rotatable bonds is 26. The Labute approximate surface area is 522 Å². The van der Waals surface area contributed by atoms with E-state index in [1.54, 1.807) is 7.11 Å². The van der Waals surface area contributed by atoms with Crippen LogP contribution in [0.1, 0.15) is 224 Å². The Balaban J connectivity index is 0.000000137. The first-order valence-corrected chi connectivity index (χ1v) is 36.7. The van der Waals surface area contributed by atoms with E-state index in [0.29, 0.717) is 43.5 Å². The molecule has 0 saturated heterocycles. The lowest BCUT2D eigenvalue weighted by atomic mass is 9.70. The lowest BCUT2D eigenvalue weighted by Gasteiger charge is -2.34. The number of esters is 4. The van der Waals surface area contributed by atoms with Crippen molar-refractivity contribution in [2.24, 2.45) is 166 Å². The van der Waals surface area contributed by atoms with Crippen molar-refractivity contribution < 1.29 is 57.1 Å². The fourth-order valence-corrected chi connectivity index (χ4v) is 24.1. The molecule has 12 saturated carbocycles. The maximum absolute atomic E-state index is 12.5. The van der Waals surface area contributed by atoms with E-state index in [4.69, 9.17) is 37.9 Å². The van der Waals surface area contributed by atoms with Crippen molar-refractivity contribution >= 4 is 23.9 Å². The van der Waals surface area contributed by atoms with Gasteiger partial charge in [0.05, 0.1) is 36.9 Å². The zero-order chi connectivity index (χ0) is 61.3. The first-order chi connectivity index (χ1) is 41.8. The van der Waals surface area contributed by atoms with Crippen LogP contribution in [0.4, 0.5) is 0 Å². The predicted octanol–water partition coefficient (Wildman–Crippen LogP) is 16.3. The van der Waals surface area contributed by atoms with Crippen molar-refractivity contribution in [3.8, 4) is 0 Å². The van der Waals surface area contributed by atoms with Crippen LogP contribution in [0.15, 0.2) is 0 Å². The second kappa shape index (κ2) is 31.8. The predicted molar refractivity (Wildman–Crippen MR) is 335 cm³/mol. The molecule has 12 rings (SSSR count). The molecule has 86 heavy (non-hydrogen) atoms. The third-order valence-corrected chi connectivity index (χ3v) is 27.1. The number of methoxy groups -OCH3 is 1. The summed E-state index contributed by atoms with van der Waals surface area (Å²) in [6.07, 6.45) is 28.5. The highest BCUT2D eigenvalue weighted by Crippen LogP contribution is 2.69. The Kier molecular flexibility index (Phi) is 25.2. The quantitative estimate of drug-likeness (QED) is 0.0352. The van der Waals surface area contributed by atoms with Gasteiger partial charge in [0, 0.05) is 13.7 Å². The Bertz CT molecular complexity index is 2130. The first-order valence-electron chi connectivity index (χ1n) is 36.7. The van der Waals surface area contributed by atoms with Gasteiger partial charge in [0.1, 0.15) is 0 Å². The SMILES string of the molecule is CCC1CC(CC)C2C3CC(CC3C(=O)OCOC)C12.CCCCOCOC(=O)C1CC2CC1C1C(CC)CC(CC)C21.CCCOCOC(=O)C1CC2CC1C1C(CC)CC(CC)C21.CCOCOC(=O)C1CC2CC1C1C(CC)CC(CC)C21. The molecule has 28 atom stereocenters. The zero-order valence-corrected chi connectivity index (χ0v) is 56.3. The molecule has 12 aliphatic rings. The Hall–Kier alpha value is -2.28. The summed E-state index contributed by atoms with van der Waals surface area (Å²) in [5.41, 5.74) is 0. The van der Waals surface area contributed by atoms with E-state index in [-0.39, 0.29) is 74.7 Å². The highest BCUT2D eigenvalue weighted by atomic mass is 16.7. The van der Waals surface area contributed by atoms with Gasteiger partial charge in [-0.15, -0.1) is 0 Å². The average Bonchev–Trinajstić information content (AvgIpc) is 3.75.